The molecule has 0 amide bonds. The van der Waals surface area contributed by atoms with Crippen molar-refractivity contribution in [3.05, 3.63) is 283 Å². The van der Waals surface area contributed by atoms with Gasteiger partial charge in [0.25, 0.3) is 0 Å². The van der Waals surface area contributed by atoms with Crippen LogP contribution in [-0.4, -0.2) is 4.57 Å². The van der Waals surface area contributed by atoms with Gasteiger partial charge in [0.1, 0.15) is 0 Å². The fraction of sp³-hybridized carbons (Fsp3) is 0.0492. The summed E-state index contributed by atoms with van der Waals surface area (Å²) in [6, 6.07) is 86.7. The Labute approximate surface area is 369 Å². The molecule has 2 atom stereocenters. The molecule has 0 fully saturated rings. The largest absolute Gasteiger partial charge is 0.310 e. The summed E-state index contributed by atoms with van der Waals surface area (Å²) in [6.45, 7) is 0. The Kier molecular flexibility index (Phi) is 8.90. The molecule has 298 valence electrons. The lowest BCUT2D eigenvalue weighted by molar-refractivity contribution is 0.454. The highest BCUT2D eigenvalue weighted by molar-refractivity contribution is 6.10. The first-order valence-corrected chi connectivity index (χ1v) is 22.0. The molecular weight excluding hydrogens is 761 g/mol. The molecule has 0 aliphatic heterocycles. The number of benzene rings is 9. The Balaban J connectivity index is 1.00. The predicted octanol–water partition coefficient (Wildman–Crippen LogP) is 15.5. The number of allylic oxidation sites excluding steroid dienone is 3. The lowest BCUT2D eigenvalue weighted by Gasteiger charge is -2.40. The second-order valence-corrected chi connectivity index (χ2v) is 16.8. The third kappa shape index (κ3) is 5.94. The average molecular weight is 805 g/mol. The van der Waals surface area contributed by atoms with Crippen LogP contribution in [0.4, 0.5) is 11.4 Å². The molecule has 63 heavy (non-hydrogen) atoms. The van der Waals surface area contributed by atoms with Crippen LogP contribution in [-0.2, 0) is 5.41 Å². The predicted molar refractivity (Wildman–Crippen MR) is 263 cm³/mol. The third-order valence-corrected chi connectivity index (χ3v) is 13.5. The zero-order valence-electron chi connectivity index (χ0n) is 34.8. The van der Waals surface area contributed by atoms with Crippen LogP contribution in [0.3, 0.4) is 0 Å². The summed E-state index contributed by atoms with van der Waals surface area (Å²) in [5, 5.41) is 2.50. The van der Waals surface area contributed by atoms with Crippen molar-refractivity contribution < 1.29 is 0 Å². The van der Waals surface area contributed by atoms with E-state index in [4.69, 9.17) is 0 Å². The molecule has 0 radical (unpaired) electrons. The molecule has 0 spiro atoms. The van der Waals surface area contributed by atoms with E-state index in [0.717, 1.165) is 17.1 Å². The second kappa shape index (κ2) is 15.2. The number of nitrogens with zero attached hydrogens (tertiary/aromatic N) is 2. The molecule has 10 aromatic rings. The van der Waals surface area contributed by atoms with Gasteiger partial charge >= 0.3 is 0 Å². The summed E-state index contributed by atoms with van der Waals surface area (Å²) in [4.78, 5) is 2.48. The number of hydrogen-bond donors (Lipinski definition) is 0. The number of aromatic nitrogens is 1. The highest BCUT2D eigenvalue weighted by Gasteiger charge is 2.53. The van der Waals surface area contributed by atoms with Crippen LogP contribution in [0.1, 0.15) is 28.2 Å². The fourth-order valence-corrected chi connectivity index (χ4v) is 10.9. The molecule has 1 aromatic heterocycles. The summed E-state index contributed by atoms with van der Waals surface area (Å²) in [7, 11) is 0. The van der Waals surface area contributed by atoms with Crippen molar-refractivity contribution in [1.82, 2.24) is 4.57 Å². The summed E-state index contributed by atoms with van der Waals surface area (Å²) in [6.07, 6.45) is 7.41. The van der Waals surface area contributed by atoms with Crippen LogP contribution in [0.25, 0.3) is 49.7 Å². The minimum atomic E-state index is -0.384. The Morgan fingerprint density at radius 3 is 1.83 bits per heavy atom. The quantitative estimate of drug-likeness (QED) is 0.149. The van der Waals surface area contributed by atoms with Crippen LogP contribution in [0, 0.1) is 5.92 Å². The van der Waals surface area contributed by atoms with Gasteiger partial charge < -0.3 is 9.47 Å². The zero-order chi connectivity index (χ0) is 41.7. The Morgan fingerprint density at radius 2 is 1.05 bits per heavy atom. The molecule has 1 heterocycles. The van der Waals surface area contributed by atoms with Crippen molar-refractivity contribution in [3.63, 3.8) is 0 Å². The van der Waals surface area contributed by atoms with Gasteiger partial charge in [-0.15, -0.1) is 0 Å². The van der Waals surface area contributed by atoms with Gasteiger partial charge in [-0.1, -0.05) is 194 Å². The van der Waals surface area contributed by atoms with E-state index in [9.17, 15) is 0 Å². The number of hydrogen-bond acceptors (Lipinski definition) is 1. The fourth-order valence-electron chi connectivity index (χ4n) is 10.9. The lowest BCUT2D eigenvalue weighted by atomic mass is 9.63. The first kappa shape index (κ1) is 36.9. The molecule has 2 unspecified atom stereocenters. The molecule has 12 rings (SSSR count). The van der Waals surface area contributed by atoms with Gasteiger partial charge in [-0.2, -0.15) is 0 Å². The highest BCUT2D eigenvalue weighted by atomic mass is 15.1. The minimum absolute atomic E-state index is 0.129. The van der Waals surface area contributed by atoms with Gasteiger partial charge in [-0.05, 0) is 99.6 Å². The maximum atomic E-state index is 2.58. The molecule has 2 heteroatoms. The summed E-state index contributed by atoms with van der Waals surface area (Å²) >= 11 is 0. The van der Waals surface area contributed by atoms with Crippen LogP contribution in [0.15, 0.2) is 261 Å². The molecule has 0 N–H and O–H groups in total. The molecular formula is C61H44N2. The van der Waals surface area contributed by atoms with Gasteiger partial charge in [0.2, 0.25) is 0 Å². The van der Waals surface area contributed by atoms with E-state index < -0.39 is 0 Å². The van der Waals surface area contributed by atoms with Gasteiger partial charge in [-0.3, -0.25) is 0 Å². The van der Waals surface area contributed by atoms with Crippen molar-refractivity contribution in [3.8, 4) is 27.9 Å². The highest BCUT2D eigenvalue weighted by Crippen LogP contribution is 2.60. The summed E-state index contributed by atoms with van der Waals surface area (Å²) in [5.41, 5.74) is 16.7. The van der Waals surface area contributed by atoms with Crippen molar-refractivity contribution in [2.45, 2.75) is 11.3 Å². The Morgan fingerprint density at radius 1 is 0.444 bits per heavy atom. The second-order valence-electron chi connectivity index (χ2n) is 16.8. The zero-order valence-corrected chi connectivity index (χ0v) is 34.8. The number of fused-ring (bicyclic) bond motifs is 6. The minimum Gasteiger partial charge on any atom is -0.310 e. The monoisotopic (exact) mass is 804 g/mol. The first-order chi connectivity index (χ1) is 31.3. The molecule has 2 aliphatic carbocycles. The first-order valence-electron chi connectivity index (χ1n) is 22.0. The standard InChI is InChI=1S/C61H44N2/c1-5-22-46(23-6-1)61(47-24-7-2-8-25-47)56-33-16-13-31-52(56)53-38-37-50(42-57(53)61)62(48-26-9-3-10-27-48)58-34-17-14-30-51(58)45-21-19-20-43(40-45)44-36-39-60-55(41-44)54-32-15-18-35-59(54)63(60)49-28-11-4-12-29-49/h1-42,53,57H. The van der Waals surface area contributed by atoms with Crippen molar-refractivity contribution in [1.29, 1.82) is 0 Å². The van der Waals surface area contributed by atoms with Crippen LogP contribution < -0.4 is 4.90 Å². The van der Waals surface area contributed by atoms with Crippen LogP contribution in [0.2, 0.25) is 0 Å². The van der Waals surface area contributed by atoms with Crippen LogP contribution >= 0.6 is 0 Å². The number of para-hydroxylation sites is 4. The van der Waals surface area contributed by atoms with Crippen molar-refractivity contribution in [2.24, 2.45) is 5.92 Å². The topological polar surface area (TPSA) is 8.17 Å². The summed E-state index contributed by atoms with van der Waals surface area (Å²) in [5.74, 6) is 0.345. The van der Waals surface area contributed by atoms with Crippen molar-refractivity contribution >= 4 is 33.2 Å². The summed E-state index contributed by atoms with van der Waals surface area (Å²) < 4.78 is 2.38. The Bertz CT molecular complexity index is 3300. The van der Waals surface area contributed by atoms with Gasteiger partial charge in [0.05, 0.1) is 22.1 Å². The molecule has 2 aliphatic rings. The average Bonchev–Trinajstić information content (AvgIpc) is 3.85. The van der Waals surface area contributed by atoms with Gasteiger partial charge in [0, 0.05) is 45.2 Å². The van der Waals surface area contributed by atoms with E-state index in [1.165, 1.54) is 72.0 Å². The van der Waals surface area contributed by atoms with E-state index in [-0.39, 0.29) is 17.3 Å². The number of anilines is 2. The van der Waals surface area contributed by atoms with Gasteiger partial charge in [0.15, 0.2) is 0 Å². The smallest absolute Gasteiger partial charge is 0.0541 e. The molecule has 2 nitrogen and oxygen atoms in total. The third-order valence-electron chi connectivity index (χ3n) is 13.5. The van der Waals surface area contributed by atoms with E-state index >= 15 is 0 Å². The molecule has 0 saturated heterocycles. The van der Waals surface area contributed by atoms with E-state index in [0.29, 0.717) is 0 Å². The van der Waals surface area contributed by atoms with Crippen molar-refractivity contribution in [2.75, 3.05) is 4.90 Å². The Hall–Kier alpha value is -7.94. The SMILES string of the molecule is C1=CC2c3ccccc3C(c3ccccc3)(c3ccccc3)C2C=C1N(c1ccccc1)c1ccccc1-c1cccc(-c2ccc3c(c2)c2ccccc2n3-c2ccccc2)c1. The number of rotatable bonds is 8. The molecule has 9 aromatic carbocycles. The maximum absolute atomic E-state index is 2.58. The van der Waals surface area contributed by atoms with E-state index in [2.05, 4.69) is 264 Å². The lowest BCUT2D eigenvalue weighted by Crippen LogP contribution is -2.36. The van der Waals surface area contributed by atoms with E-state index in [1.807, 2.05) is 0 Å². The van der Waals surface area contributed by atoms with Gasteiger partial charge in [-0.25, -0.2) is 0 Å². The maximum Gasteiger partial charge on any atom is 0.0541 e. The molecule has 0 bridgehead atoms. The van der Waals surface area contributed by atoms with E-state index in [1.54, 1.807) is 0 Å². The molecule has 0 saturated carbocycles. The van der Waals surface area contributed by atoms with Crippen LogP contribution in [0.5, 0.6) is 0 Å². The normalized spacial score (nSPS) is 16.1.